The summed E-state index contributed by atoms with van der Waals surface area (Å²) in [6.45, 7) is 1.81. The summed E-state index contributed by atoms with van der Waals surface area (Å²) in [5.41, 5.74) is 0.727. The lowest BCUT2D eigenvalue weighted by molar-refractivity contribution is 0.0694. The second-order valence-corrected chi connectivity index (χ2v) is 5.09. The highest BCUT2D eigenvalue weighted by Crippen LogP contribution is 2.28. The predicted octanol–water partition coefficient (Wildman–Crippen LogP) is 3.65. The van der Waals surface area contributed by atoms with E-state index in [2.05, 4.69) is 9.97 Å². The molecule has 0 bridgehead atoms. The summed E-state index contributed by atoms with van der Waals surface area (Å²) in [5, 5.41) is 10.0. The number of aromatic nitrogens is 2. The Morgan fingerprint density at radius 1 is 1.35 bits per heavy atom. The lowest BCUT2D eigenvalue weighted by Crippen LogP contribution is -2.01. The van der Waals surface area contributed by atoms with E-state index in [1.807, 2.05) is 13.2 Å². The first kappa shape index (κ1) is 14.6. The van der Waals surface area contributed by atoms with E-state index in [9.17, 15) is 4.79 Å². The summed E-state index contributed by atoms with van der Waals surface area (Å²) in [6, 6.07) is 6.04. The maximum absolute atomic E-state index is 11.2. The molecule has 0 saturated carbocycles. The Bertz CT molecular complexity index is 664. The highest BCUT2D eigenvalue weighted by atomic mass is 35.5. The van der Waals surface area contributed by atoms with E-state index in [0.29, 0.717) is 16.1 Å². The number of rotatable bonds is 4. The van der Waals surface area contributed by atoms with E-state index in [-0.39, 0.29) is 11.3 Å². The number of ether oxygens (including phenoxy) is 1. The van der Waals surface area contributed by atoms with Crippen LogP contribution in [-0.2, 0) is 0 Å². The van der Waals surface area contributed by atoms with Crippen LogP contribution in [0.25, 0.3) is 0 Å². The van der Waals surface area contributed by atoms with Gasteiger partial charge in [0.05, 0.1) is 0 Å². The van der Waals surface area contributed by atoms with E-state index in [0.717, 1.165) is 5.69 Å². The number of carboxylic acid groups (broad SMARTS) is 1. The standard InChI is InChI=1S/C13H11ClN2O3S/c1-7-5-11(16-13(15-7)20-2)19-10-4-3-8(14)6-9(10)12(17)18/h3-6H,1-2H3,(H,17,18). The lowest BCUT2D eigenvalue weighted by atomic mass is 10.2. The van der Waals surface area contributed by atoms with E-state index >= 15 is 0 Å². The molecule has 5 nitrogen and oxygen atoms in total. The molecule has 2 rings (SSSR count). The van der Waals surface area contributed by atoms with Crippen molar-refractivity contribution in [2.24, 2.45) is 0 Å². The molecule has 104 valence electrons. The largest absolute Gasteiger partial charge is 0.478 e. The van der Waals surface area contributed by atoms with Gasteiger partial charge in [0.2, 0.25) is 5.88 Å². The molecular weight excluding hydrogens is 300 g/mol. The summed E-state index contributed by atoms with van der Waals surface area (Å²) in [7, 11) is 0. The third-order valence-electron chi connectivity index (χ3n) is 2.38. The zero-order valence-corrected chi connectivity index (χ0v) is 12.3. The molecule has 0 spiro atoms. The minimum atomic E-state index is -1.11. The number of thioether (sulfide) groups is 1. The minimum absolute atomic E-state index is 0.0144. The lowest BCUT2D eigenvalue weighted by Gasteiger charge is -2.09. The van der Waals surface area contributed by atoms with Gasteiger partial charge in [-0.15, -0.1) is 0 Å². The van der Waals surface area contributed by atoms with Crippen LogP contribution in [0.5, 0.6) is 11.6 Å². The molecule has 0 aliphatic rings. The van der Waals surface area contributed by atoms with Crippen LogP contribution in [-0.4, -0.2) is 27.3 Å². The molecule has 0 saturated heterocycles. The van der Waals surface area contributed by atoms with E-state index in [1.54, 1.807) is 12.1 Å². The molecule has 0 aliphatic carbocycles. The van der Waals surface area contributed by atoms with E-state index in [4.69, 9.17) is 21.4 Å². The molecule has 1 N–H and O–H groups in total. The van der Waals surface area contributed by atoms with Crippen LogP contribution < -0.4 is 4.74 Å². The van der Waals surface area contributed by atoms with Crippen molar-refractivity contribution in [3.8, 4) is 11.6 Å². The van der Waals surface area contributed by atoms with E-state index in [1.165, 1.54) is 23.9 Å². The summed E-state index contributed by atoms with van der Waals surface area (Å²) >= 11 is 7.17. The monoisotopic (exact) mass is 310 g/mol. The highest BCUT2D eigenvalue weighted by molar-refractivity contribution is 7.98. The van der Waals surface area contributed by atoms with Crippen molar-refractivity contribution >= 4 is 29.3 Å². The van der Waals surface area contributed by atoms with Crippen LogP contribution in [0.15, 0.2) is 29.4 Å². The fourth-order valence-electron chi connectivity index (χ4n) is 1.53. The zero-order chi connectivity index (χ0) is 14.7. The number of aromatic carboxylic acids is 1. The minimum Gasteiger partial charge on any atom is -0.478 e. The van der Waals surface area contributed by atoms with Gasteiger partial charge in [-0.3, -0.25) is 0 Å². The first-order valence-electron chi connectivity index (χ1n) is 5.60. The molecule has 7 heteroatoms. The number of benzene rings is 1. The molecule has 1 heterocycles. The molecule has 0 unspecified atom stereocenters. The normalized spacial score (nSPS) is 10.3. The third-order valence-corrected chi connectivity index (χ3v) is 3.16. The number of aryl methyl sites for hydroxylation is 1. The summed E-state index contributed by atoms with van der Waals surface area (Å²) in [5.74, 6) is -0.628. The molecule has 0 atom stereocenters. The van der Waals surface area contributed by atoms with Gasteiger partial charge in [0.15, 0.2) is 5.16 Å². The summed E-state index contributed by atoms with van der Waals surface area (Å²) < 4.78 is 5.55. The molecule has 0 fully saturated rings. The molecule has 20 heavy (non-hydrogen) atoms. The molecule has 2 aromatic rings. The predicted molar refractivity (Wildman–Crippen MR) is 77.0 cm³/mol. The quantitative estimate of drug-likeness (QED) is 0.686. The van der Waals surface area contributed by atoms with Gasteiger partial charge >= 0.3 is 5.97 Å². The van der Waals surface area contributed by atoms with Crippen molar-refractivity contribution in [1.29, 1.82) is 0 Å². The fourth-order valence-corrected chi connectivity index (χ4v) is 2.12. The molecule has 0 aliphatic heterocycles. The second kappa shape index (κ2) is 6.11. The Morgan fingerprint density at radius 3 is 2.75 bits per heavy atom. The number of carbonyl (C=O) groups is 1. The molecule has 0 radical (unpaired) electrons. The second-order valence-electron chi connectivity index (χ2n) is 3.88. The Labute approximate surface area is 125 Å². The van der Waals surface area contributed by atoms with Gasteiger partial charge in [0.25, 0.3) is 0 Å². The Balaban J connectivity index is 2.39. The molecule has 0 amide bonds. The van der Waals surface area contributed by atoms with Crippen LogP contribution in [0.4, 0.5) is 0 Å². The number of carboxylic acids is 1. The van der Waals surface area contributed by atoms with Crippen molar-refractivity contribution in [2.75, 3.05) is 6.26 Å². The van der Waals surface area contributed by atoms with Crippen LogP contribution in [0.2, 0.25) is 5.02 Å². The Hall–Kier alpha value is -1.79. The maximum Gasteiger partial charge on any atom is 0.339 e. The molecular formula is C13H11ClN2O3S. The van der Waals surface area contributed by atoms with Gasteiger partial charge in [-0.05, 0) is 31.4 Å². The van der Waals surface area contributed by atoms with Crippen molar-refractivity contribution in [3.05, 3.63) is 40.5 Å². The van der Waals surface area contributed by atoms with Crippen molar-refractivity contribution in [1.82, 2.24) is 9.97 Å². The first-order chi connectivity index (χ1) is 9.49. The number of halogens is 1. The van der Waals surface area contributed by atoms with Crippen molar-refractivity contribution in [3.63, 3.8) is 0 Å². The van der Waals surface area contributed by atoms with E-state index < -0.39 is 5.97 Å². The average molecular weight is 311 g/mol. The molecule has 1 aromatic heterocycles. The summed E-state index contributed by atoms with van der Waals surface area (Å²) in [4.78, 5) is 19.6. The maximum atomic E-state index is 11.2. The SMILES string of the molecule is CSc1nc(C)cc(Oc2ccc(Cl)cc2C(=O)O)n1. The first-order valence-corrected chi connectivity index (χ1v) is 7.20. The average Bonchev–Trinajstić information content (AvgIpc) is 2.40. The van der Waals surface area contributed by atoms with Gasteiger partial charge in [0.1, 0.15) is 11.3 Å². The van der Waals surface area contributed by atoms with Crippen LogP contribution >= 0.6 is 23.4 Å². The van der Waals surface area contributed by atoms with Crippen LogP contribution in [0.3, 0.4) is 0 Å². The van der Waals surface area contributed by atoms with Crippen molar-refractivity contribution in [2.45, 2.75) is 12.1 Å². The van der Waals surface area contributed by atoms with Crippen LogP contribution in [0.1, 0.15) is 16.1 Å². The number of nitrogens with zero attached hydrogens (tertiary/aromatic N) is 2. The fraction of sp³-hybridized carbons (Fsp3) is 0.154. The Kier molecular flexibility index (Phi) is 4.46. The number of hydrogen-bond acceptors (Lipinski definition) is 5. The topological polar surface area (TPSA) is 72.3 Å². The van der Waals surface area contributed by atoms with Gasteiger partial charge in [-0.25, -0.2) is 9.78 Å². The highest BCUT2D eigenvalue weighted by Gasteiger charge is 2.14. The third kappa shape index (κ3) is 3.40. The summed E-state index contributed by atoms with van der Waals surface area (Å²) in [6.07, 6.45) is 1.85. The van der Waals surface area contributed by atoms with Crippen molar-refractivity contribution < 1.29 is 14.6 Å². The zero-order valence-electron chi connectivity index (χ0n) is 10.8. The van der Waals surface area contributed by atoms with Crippen LogP contribution in [0, 0.1) is 6.92 Å². The van der Waals surface area contributed by atoms with Gasteiger partial charge < -0.3 is 9.84 Å². The number of hydrogen-bond donors (Lipinski definition) is 1. The van der Waals surface area contributed by atoms with Gasteiger partial charge in [-0.2, -0.15) is 4.98 Å². The smallest absolute Gasteiger partial charge is 0.339 e. The molecule has 1 aromatic carbocycles. The van der Waals surface area contributed by atoms with Gasteiger partial charge in [-0.1, -0.05) is 23.4 Å². The van der Waals surface area contributed by atoms with Gasteiger partial charge in [0, 0.05) is 16.8 Å². The Morgan fingerprint density at radius 2 is 2.10 bits per heavy atom.